The number of hydrogen-bond acceptors (Lipinski definition) is 3. The molecule has 0 unspecified atom stereocenters. The molecule has 0 bridgehead atoms. The van der Waals surface area contributed by atoms with E-state index in [2.05, 4.69) is 41.4 Å². The molecule has 2 aromatic carbocycles. The summed E-state index contributed by atoms with van der Waals surface area (Å²) in [6.07, 6.45) is 4.57. The highest BCUT2D eigenvalue weighted by Crippen LogP contribution is 2.22. The molecule has 2 saturated heterocycles. The number of aryl methyl sites for hydroxylation is 1. The summed E-state index contributed by atoms with van der Waals surface area (Å²) in [6, 6.07) is 16.3. The average molecular weight is 406 g/mol. The molecule has 1 N–H and O–H groups in total. The van der Waals surface area contributed by atoms with E-state index >= 15 is 0 Å². The Morgan fingerprint density at radius 1 is 1.03 bits per heavy atom. The van der Waals surface area contributed by atoms with Gasteiger partial charge in [0.1, 0.15) is 0 Å². The van der Waals surface area contributed by atoms with Gasteiger partial charge in [-0.05, 0) is 62.4 Å². The molecule has 5 nitrogen and oxygen atoms in total. The highest BCUT2D eigenvalue weighted by molar-refractivity contribution is 5.97. The zero-order chi connectivity index (χ0) is 20.9. The quantitative estimate of drug-likeness (QED) is 0.821. The number of nitrogens with zero attached hydrogens (tertiary/aromatic N) is 2. The summed E-state index contributed by atoms with van der Waals surface area (Å²) in [5, 5.41) is 3.19. The molecular formula is C25H31N3O2. The van der Waals surface area contributed by atoms with E-state index in [1.54, 1.807) is 0 Å². The van der Waals surface area contributed by atoms with Gasteiger partial charge in [0.25, 0.3) is 5.91 Å². The summed E-state index contributed by atoms with van der Waals surface area (Å²) in [6.45, 7) is 5.86. The van der Waals surface area contributed by atoms with Gasteiger partial charge in [-0.2, -0.15) is 0 Å². The maximum Gasteiger partial charge on any atom is 0.251 e. The molecule has 2 aliphatic rings. The average Bonchev–Trinajstić information content (AvgIpc) is 2.76. The van der Waals surface area contributed by atoms with Crippen molar-refractivity contribution in [3.05, 3.63) is 65.2 Å². The fourth-order valence-corrected chi connectivity index (χ4v) is 4.44. The summed E-state index contributed by atoms with van der Waals surface area (Å²) in [4.78, 5) is 29.0. The number of likely N-dealkylation sites (tertiary alicyclic amines) is 1. The van der Waals surface area contributed by atoms with Gasteiger partial charge in [0.2, 0.25) is 5.91 Å². The van der Waals surface area contributed by atoms with E-state index in [0.717, 1.165) is 57.5 Å². The van der Waals surface area contributed by atoms with Crippen LogP contribution < -0.4 is 10.2 Å². The second-order valence-electron chi connectivity index (χ2n) is 8.56. The van der Waals surface area contributed by atoms with Crippen LogP contribution in [-0.2, 0) is 11.3 Å². The predicted molar refractivity (Wildman–Crippen MR) is 120 cm³/mol. The number of rotatable bonds is 5. The first-order valence-electron chi connectivity index (χ1n) is 11.1. The van der Waals surface area contributed by atoms with Crippen LogP contribution in [0, 0.1) is 6.92 Å². The fourth-order valence-electron chi connectivity index (χ4n) is 4.44. The monoisotopic (exact) mass is 405 g/mol. The van der Waals surface area contributed by atoms with E-state index in [1.807, 2.05) is 29.2 Å². The van der Waals surface area contributed by atoms with Crippen molar-refractivity contribution < 1.29 is 9.59 Å². The smallest absolute Gasteiger partial charge is 0.251 e. The van der Waals surface area contributed by atoms with Crippen LogP contribution in [0.4, 0.5) is 5.69 Å². The molecule has 2 aliphatic heterocycles. The summed E-state index contributed by atoms with van der Waals surface area (Å²) in [5.41, 5.74) is 4.20. The number of carbonyl (C=O) groups is 2. The van der Waals surface area contributed by atoms with Gasteiger partial charge in [-0.1, -0.05) is 29.8 Å². The van der Waals surface area contributed by atoms with Crippen LogP contribution in [0.3, 0.4) is 0 Å². The molecule has 0 aliphatic carbocycles. The first-order valence-corrected chi connectivity index (χ1v) is 11.1. The third-order valence-electron chi connectivity index (χ3n) is 6.18. The standard InChI is InChI=1S/C25H31N3O2/c1-19-5-4-6-20(17-19)18-27-15-12-22(13-16-27)26-25(30)21-8-10-23(11-9-21)28-14-3-2-7-24(28)29/h4-6,8-11,17,22H,2-3,7,12-16,18H2,1H3,(H,26,30). The molecule has 2 fully saturated rings. The second kappa shape index (κ2) is 9.43. The Balaban J connectivity index is 1.27. The Kier molecular flexibility index (Phi) is 6.48. The van der Waals surface area contributed by atoms with Crippen molar-refractivity contribution >= 4 is 17.5 Å². The number of carbonyl (C=O) groups excluding carboxylic acids is 2. The van der Waals surface area contributed by atoms with E-state index in [4.69, 9.17) is 0 Å². The van der Waals surface area contributed by atoms with Gasteiger partial charge in [-0.15, -0.1) is 0 Å². The third-order valence-corrected chi connectivity index (χ3v) is 6.18. The number of benzene rings is 2. The third kappa shape index (κ3) is 5.08. The molecule has 158 valence electrons. The van der Waals surface area contributed by atoms with Crippen LogP contribution in [0.1, 0.15) is 53.6 Å². The Bertz CT molecular complexity index is 886. The van der Waals surface area contributed by atoms with Crippen molar-refractivity contribution in [2.75, 3.05) is 24.5 Å². The highest BCUT2D eigenvalue weighted by atomic mass is 16.2. The maximum absolute atomic E-state index is 12.7. The molecule has 0 saturated carbocycles. The Labute approximate surface area is 179 Å². The molecule has 0 radical (unpaired) electrons. The van der Waals surface area contributed by atoms with Crippen LogP contribution >= 0.6 is 0 Å². The van der Waals surface area contributed by atoms with Crippen LogP contribution in [0.25, 0.3) is 0 Å². The van der Waals surface area contributed by atoms with Gasteiger partial charge in [-0.3, -0.25) is 14.5 Å². The van der Waals surface area contributed by atoms with Crippen molar-refractivity contribution in [2.45, 2.75) is 51.6 Å². The molecule has 30 heavy (non-hydrogen) atoms. The van der Waals surface area contributed by atoms with E-state index in [1.165, 1.54) is 11.1 Å². The van der Waals surface area contributed by atoms with E-state index in [0.29, 0.717) is 12.0 Å². The van der Waals surface area contributed by atoms with E-state index < -0.39 is 0 Å². The van der Waals surface area contributed by atoms with Crippen molar-refractivity contribution in [3.8, 4) is 0 Å². The number of anilines is 1. The minimum Gasteiger partial charge on any atom is -0.349 e. The molecule has 2 aromatic rings. The number of piperidine rings is 2. The lowest BCUT2D eigenvalue weighted by atomic mass is 10.0. The normalized spacial score (nSPS) is 18.4. The zero-order valence-corrected chi connectivity index (χ0v) is 17.8. The molecule has 0 aromatic heterocycles. The maximum atomic E-state index is 12.7. The molecular weight excluding hydrogens is 374 g/mol. The van der Waals surface area contributed by atoms with Crippen molar-refractivity contribution in [2.24, 2.45) is 0 Å². The first-order chi connectivity index (χ1) is 14.6. The molecule has 2 heterocycles. The number of hydrogen-bond donors (Lipinski definition) is 1. The van der Waals surface area contributed by atoms with Crippen LogP contribution in [0.5, 0.6) is 0 Å². The van der Waals surface area contributed by atoms with Crippen LogP contribution in [0.2, 0.25) is 0 Å². The minimum absolute atomic E-state index is 0.0244. The summed E-state index contributed by atoms with van der Waals surface area (Å²) >= 11 is 0. The lowest BCUT2D eigenvalue weighted by Crippen LogP contribution is -2.44. The van der Waals surface area contributed by atoms with Gasteiger partial charge in [0.05, 0.1) is 0 Å². The van der Waals surface area contributed by atoms with Gasteiger partial charge >= 0.3 is 0 Å². The van der Waals surface area contributed by atoms with Crippen molar-refractivity contribution in [3.63, 3.8) is 0 Å². The van der Waals surface area contributed by atoms with Crippen molar-refractivity contribution in [1.82, 2.24) is 10.2 Å². The highest BCUT2D eigenvalue weighted by Gasteiger charge is 2.22. The Hall–Kier alpha value is -2.66. The predicted octanol–water partition coefficient (Wildman–Crippen LogP) is 3.91. The molecule has 4 rings (SSSR count). The van der Waals surface area contributed by atoms with Crippen LogP contribution in [-0.4, -0.2) is 42.4 Å². The van der Waals surface area contributed by atoms with Crippen LogP contribution in [0.15, 0.2) is 48.5 Å². The second-order valence-corrected chi connectivity index (χ2v) is 8.56. The summed E-state index contributed by atoms with van der Waals surface area (Å²) in [5.74, 6) is 0.152. The largest absolute Gasteiger partial charge is 0.349 e. The topological polar surface area (TPSA) is 52.7 Å². The SMILES string of the molecule is Cc1cccc(CN2CCC(NC(=O)c3ccc(N4CCCCC4=O)cc3)CC2)c1. The molecule has 5 heteroatoms. The Morgan fingerprint density at radius 2 is 1.80 bits per heavy atom. The first kappa shape index (κ1) is 20.6. The van der Waals surface area contributed by atoms with Gasteiger partial charge in [0.15, 0.2) is 0 Å². The summed E-state index contributed by atoms with van der Waals surface area (Å²) in [7, 11) is 0. The van der Waals surface area contributed by atoms with E-state index in [9.17, 15) is 9.59 Å². The van der Waals surface area contributed by atoms with Gasteiger partial charge < -0.3 is 10.2 Å². The number of amides is 2. The lowest BCUT2D eigenvalue weighted by molar-refractivity contribution is -0.119. The minimum atomic E-state index is -0.0244. The molecule has 0 atom stereocenters. The van der Waals surface area contributed by atoms with E-state index in [-0.39, 0.29) is 17.9 Å². The van der Waals surface area contributed by atoms with Crippen molar-refractivity contribution in [1.29, 1.82) is 0 Å². The summed E-state index contributed by atoms with van der Waals surface area (Å²) < 4.78 is 0. The zero-order valence-electron chi connectivity index (χ0n) is 17.8. The molecule has 0 spiro atoms. The fraction of sp³-hybridized carbons (Fsp3) is 0.440. The van der Waals surface area contributed by atoms with Gasteiger partial charge in [0, 0.05) is 49.9 Å². The molecule has 2 amide bonds. The van der Waals surface area contributed by atoms with Gasteiger partial charge in [-0.25, -0.2) is 0 Å². The number of nitrogens with one attached hydrogen (secondary N) is 1. The Morgan fingerprint density at radius 3 is 2.50 bits per heavy atom. The lowest BCUT2D eigenvalue weighted by Gasteiger charge is -2.32.